The maximum Gasteiger partial charge on any atom is 0.372 e. The molecule has 0 aliphatic heterocycles. The van der Waals surface area contributed by atoms with Gasteiger partial charge in [0, 0.05) is 6.42 Å². The van der Waals surface area contributed by atoms with Crippen LogP contribution in [0, 0.1) is 22.7 Å². The summed E-state index contributed by atoms with van der Waals surface area (Å²) in [5.74, 6) is -0.951. The Kier molecular flexibility index (Phi) is 2.41. The van der Waals surface area contributed by atoms with E-state index in [1.165, 1.54) is 6.42 Å². The van der Waals surface area contributed by atoms with Crippen molar-refractivity contribution in [1.29, 1.82) is 0 Å². The van der Waals surface area contributed by atoms with Crippen LogP contribution in [0.2, 0.25) is 0 Å². The molecule has 2 fully saturated rings. The number of fused-ring (bicyclic) bond motifs is 2. The molecule has 2 saturated carbocycles. The molecule has 0 aromatic heterocycles. The smallest absolute Gasteiger partial charge is 0.372 e. The van der Waals surface area contributed by atoms with Gasteiger partial charge >= 0.3 is 5.97 Å². The molecule has 3 atom stereocenters. The molecule has 3 unspecified atom stereocenters. The highest BCUT2D eigenvalue weighted by atomic mass is 16.4. The molecule has 3 nitrogen and oxygen atoms in total. The number of Topliss-reactive ketones (excluding diaryl/α,β-unsaturated/α-hetero) is 1. The van der Waals surface area contributed by atoms with E-state index in [-0.39, 0.29) is 23.2 Å². The molecule has 16 heavy (non-hydrogen) atoms. The zero-order valence-corrected chi connectivity index (χ0v) is 10.2. The predicted molar refractivity (Wildman–Crippen MR) is 60.0 cm³/mol. The van der Waals surface area contributed by atoms with Crippen molar-refractivity contribution in [2.45, 2.75) is 46.5 Å². The van der Waals surface area contributed by atoms with Crippen LogP contribution in [0.15, 0.2) is 0 Å². The Morgan fingerprint density at radius 2 is 1.94 bits per heavy atom. The minimum Gasteiger partial charge on any atom is -0.476 e. The van der Waals surface area contributed by atoms with Crippen LogP contribution in [0.5, 0.6) is 0 Å². The SMILES string of the molecule is CC1(C)C2CCC1(C)C(CC(=O)C(=O)O)C2. The normalized spacial score (nSPS) is 39.9. The van der Waals surface area contributed by atoms with E-state index in [0.717, 1.165) is 12.8 Å². The minimum atomic E-state index is -1.27. The van der Waals surface area contributed by atoms with Crippen LogP contribution in [0.4, 0.5) is 0 Å². The molecule has 90 valence electrons. The van der Waals surface area contributed by atoms with E-state index in [4.69, 9.17) is 5.11 Å². The van der Waals surface area contributed by atoms with Crippen molar-refractivity contribution in [2.24, 2.45) is 22.7 Å². The number of aliphatic carboxylic acids is 1. The second-order valence-corrected chi connectivity index (χ2v) is 6.24. The van der Waals surface area contributed by atoms with Crippen LogP contribution in [0.25, 0.3) is 0 Å². The molecule has 1 N–H and O–H groups in total. The third kappa shape index (κ3) is 1.33. The summed E-state index contributed by atoms with van der Waals surface area (Å²) < 4.78 is 0. The molecule has 0 aromatic carbocycles. The summed E-state index contributed by atoms with van der Waals surface area (Å²) in [6.45, 7) is 6.78. The lowest BCUT2D eigenvalue weighted by Crippen LogP contribution is -2.34. The number of rotatable bonds is 3. The second-order valence-electron chi connectivity index (χ2n) is 6.24. The van der Waals surface area contributed by atoms with Crippen molar-refractivity contribution >= 4 is 11.8 Å². The maximum absolute atomic E-state index is 11.3. The first-order valence-corrected chi connectivity index (χ1v) is 6.05. The lowest BCUT2D eigenvalue weighted by atomic mass is 9.65. The zero-order valence-electron chi connectivity index (χ0n) is 10.2. The fourth-order valence-electron chi connectivity index (χ4n) is 3.99. The van der Waals surface area contributed by atoms with Gasteiger partial charge in [0.1, 0.15) is 0 Å². The van der Waals surface area contributed by atoms with Gasteiger partial charge in [-0.15, -0.1) is 0 Å². The van der Waals surface area contributed by atoms with Gasteiger partial charge in [0.05, 0.1) is 0 Å². The standard InChI is InChI=1S/C13H20O3/c1-12(2)8-4-5-13(12,3)9(6-8)7-10(14)11(15)16/h8-9H,4-7H2,1-3H3,(H,15,16). The average molecular weight is 224 g/mol. The summed E-state index contributed by atoms with van der Waals surface area (Å²) in [7, 11) is 0. The quantitative estimate of drug-likeness (QED) is 0.749. The van der Waals surface area contributed by atoms with Crippen LogP contribution < -0.4 is 0 Å². The van der Waals surface area contributed by atoms with Gasteiger partial charge in [0.15, 0.2) is 0 Å². The van der Waals surface area contributed by atoms with E-state index in [2.05, 4.69) is 20.8 Å². The van der Waals surface area contributed by atoms with Gasteiger partial charge < -0.3 is 5.11 Å². The van der Waals surface area contributed by atoms with Crippen molar-refractivity contribution in [3.05, 3.63) is 0 Å². The lowest BCUT2D eigenvalue weighted by molar-refractivity contribution is -0.150. The highest BCUT2D eigenvalue weighted by Crippen LogP contribution is 2.68. The van der Waals surface area contributed by atoms with Gasteiger partial charge in [-0.3, -0.25) is 4.79 Å². The molecule has 0 spiro atoms. The van der Waals surface area contributed by atoms with Gasteiger partial charge in [-0.2, -0.15) is 0 Å². The number of ketones is 1. The molecule has 0 amide bonds. The third-order valence-corrected chi connectivity index (χ3v) is 5.65. The van der Waals surface area contributed by atoms with Crippen LogP contribution >= 0.6 is 0 Å². The van der Waals surface area contributed by atoms with Gasteiger partial charge in [0.25, 0.3) is 0 Å². The van der Waals surface area contributed by atoms with Gasteiger partial charge in [-0.25, -0.2) is 4.79 Å². The number of carboxylic acid groups (broad SMARTS) is 1. The van der Waals surface area contributed by atoms with E-state index in [0.29, 0.717) is 5.92 Å². The largest absolute Gasteiger partial charge is 0.476 e. The summed E-state index contributed by atoms with van der Waals surface area (Å²) in [6, 6.07) is 0. The summed E-state index contributed by atoms with van der Waals surface area (Å²) in [5, 5.41) is 8.68. The molecule has 0 aromatic rings. The zero-order chi connectivity index (χ0) is 12.1. The molecule has 0 saturated heterocycles. The first kappa shape index (κ1) is 11.6. The Balaban J connectivity index is 2.16. The van der Waals surface area contributed by atoms with Gasteiger partial charge in [0.2, 0.25) is 5.78 Å². The number of hydrogen-bond donors (Lipinski definition) is 1. The highest BCUT2D eigenvalue weighted by molar-refractivity contribution is 6.32. The predicted octanol–water partition coefficient (Wildman–Crippen LogP) is 2.49. The van der Waals surface area contributed by atoms with E-state index in [1.54, 1.807) is 0 Å². The first-order valence-electron chi connectivity index (χ1n) is 6.05. The Morgan fingerprint density at radius 1 is 1.31 bits per heavy atom. The molecule has 2 aliphatic carbocycles. The van der Waals surface area contributed by atoms with Crippen molar-refractivity contribution in [1.82, 2.24) is 0 Å². The molecule has 3 heteroatoms. The Hall–Kier alpha value is -0.860. The van der Waals surface area contributed by atoms with E-state index >= 15 is 0 Å². The van der Waals surface area contributed by atoms with Crippen molar-refractivity contribution in [3.8, 4) is 0 Å². The minimum absolute atomic E-state index is 0.156. The Morgan fingerprint density at radius 3 is 2.31 bits per heavy atom. The molecule has 2 rings (SSSR count). The third-order valence-electron chi connectivity index (χ3n) is 5.65. The maximum atomic E-state index is 11.3. The van der Waals surface area contributed by atoms with Crippen LogP contribution in [-0.4, -0.2) is 16.9 Å². The van der Waals surface area contributed by atoms with E-state index < -0.39 is 11.8 Å². The van der Waals surface area contributed by atoms with E-state index in [9.17, 15) is 9.59 Å². The summed E-state index contributed by atoms with van der Waals surface area (Å²) in [4.78, 5) is 21.9. The average Bonchev–Trinajstić information content (AvgIpc) is 2.50. The molecule has 2 bridgehead atoms. The molecular weight excluding hydrogens is 204 g/mol. The Labute approximate surface area is 96.2 Å². The van der Waals surface area contributed by atoms with Crippen LogP contribution in [0.3, 0.4) is 0 Å². The molecule has 2 aliphatic rings. The number of hydrogen-bond acceptors (Lipinski definition) is 2. The van der Waals surface area contributed by atoms with Gasteiger partial charge in [-0.1, -0.05) is 20.8 Å². The van der Waals surface area contributed by atoms with Gasteiger partial charge in [-0.05, 0) is 41.9 Å². The summed E-state index contributed by atoms with van der Waals surface area (Å²) in [6.07, 6.45) is 3.64. The van der Waals surface area contributed by atoms with Crippen molar-refractivity contribution in [2.75, 3.05) is 0 Å². The lowest BCUT2D eigenvalue weighted by Gasteiger charge is -2.39. The molecular formula is C13H20O3. The Bertz CT molecular complexity index is 345. The second kappa shape index (κ2) is 3.31. The summed E-state index contributed by atoms with van der Waals surface area (Å²) >= 11 is 0. The van der Waals surface area contributed by atoms with Crippen LogP contribution in [-0.2, 0) is 9.59 Å². The number of carbonyl (C=O) groups excluding carboxylic acids is 1. The number of carboxylic acids is 1. The number of carbonyl (C=O) groups is 2. The van der Waals surface area contributed by atoms with Crippen molar-refractivity contribution in [3.63, 3.8) is 0 Å². The fourth-order valence-corrected chi connectivity index (χ4v) is 3.99. The molecule has 0 heterocycles. The monoisotopic (exact) mass is 224 g/mol. The van der Waals surface area contributed by atoms with Crippen molar-refractivity contribution < 1.29 is 14.7 Å². The summed E-state index contributed by atoms with van der Waals surface area (Å²) in [5.41, 5.74) is 0.416. The topological polar surface area (TPSA) is 54.4 Å². The molecule has 0 radical (unpaired) electrons. The van der Waals surface area contributed by atoms with Crippen LogP contribution in [0.1, 0.15) is 46.5 Å². The highest BCUT2D eigenvalue weighted by Gasteiger charge is 2.61. The van der Waals surface area contributed by atoms with E-state index in [1.807, 2.05) is 0 Å². The fraction of sp³-hybridized carbons (Fsp3) is 0.846. The first-order chi connectivity index (χ1) is 7.29.